The van der Waals surface area contributed by atoms with Crippen LogP contribution in [0.25, 0.3) is 0 Å². The molecule has 0 radical (unpaired) electrons. The number of carbonyl (C=O) groups is 3. The van der Waals surface area contributed by atoms with Crippen LogP contribution in [0.4, 0.5) is 0 Å². The lowest BCUT2D eigenvalue weighted by Gasteiger charge is -2.15. The average Bonchev–Trinajstić information content (AvgIpc) is 3.00. The minimum Gasteiger partial charge on any atom is -0.480 e. The highest BCUT2D eigenvalue weighted by Gasteiger charge is 2.19. The molecular weight excluding hydrogens is 552 g/mol. The highest BCUT2D eigenvalue weighted by molar-refractivity contribution is 5.83. The van der Waals surface area contributed by atoms with Gasteiger partial charge < -0.3 is 20.9 Å². The van der Waals surface area contributed by atoms with E-state index in [1.54, 1.807) is 0 Å². The Morgan fingerprint density at radius 2 is 1.16 bits per heavy atom. The van der Waals surface area contributed by atoms with Gasteiger partial charge in [-0.05, 0) is 64.0 Å². The fourth-order valence-corrected chi connectivity index (χ4v) is 5.48. The second kappa shape index (κ2) is 32.5. The average molecular weight is 623 g/mol. The van der Waals surface area contributed by atoms with Gasteiger partial charge in [-0.2, -0.15) is 0 Å². The van der Waals surface area contributed by atoms with Crippen LogP contribution in [-0.4, -0.2) is 41.6 Å². The van der Waals surface area contributed by atoms with Gasteiger partial charge in [-0.15, -0.1) is 0 Å². The van der Waals surface area contributed by atoms with Crippen molar-refractivity contribution in [2.75, 3.05) is 6.54 Å². The van der Waals surface area contributed by atoms with E-state index < -0.39 is 12.0 Å². The maximum absolute atomic E-state index is 12.6. The molecule has 0 bridgehead atoms. The van der Waals surface area contributed by atoms with E-state index in [1.165, 1.54) is 96.3 Å². The summed E-state index contributed by atoms with van der Waals surface area (Å²) >= 11 is 0. The van der Waals surface area contributed by atoms with Crippen LogP contribution in [0.1, 0.15) is 187 Å². The SMILES string of the molecule is CCCCCC/C=C\C(CCCCCCC(=O)NC(CCCN)C(=O)O)OC(=O)CCCCCCCCCCCCCCC. The number of amides is 1. The number of nitrogens with two attached hydrogens (primary N) is 1. The van der Waals surface area contributed by atoms with Crippen molar-refractivity contribution in [2.45, 2.75) is 199 Å². The fraction of sp³-hybridized carbons (Fsp3) is 0.865. The summed E-state index contributed by atoms with van der Waals surface area (Å²) in [5, 5.41) is 11.9. The molecule has 44 heavy (non-hydrogen) atoms. The topological polar surface area (TPSA) is 119 Å². The molecule has 0 aromatic heterocycles. The minimum absolute atomic E-state index is 0.0898. The Morgan fingerprint density at radius 1 is 0.659 bits per heavy atom. The van der Waals surface area contributed by atoms with Crippen molar-refractivity contribution in [3.05, 3.63) is 12.2 Å². The predicted molar refractivity (Wildman–Crippen MR) is 184 cm³/mol. The normalized spacial score (nSPS) is 12.8. The third-order valence-electron chi connectivity index (χ3n) is 8.32. The number of nitrogens with one attached hydrogen (secondary N) is 1. The van der Waals surface area contributed by atoms with E-state index in [9.17, 15) is 19.5 Å². The summed E-state index contributed by atoms with van der Waals surface area (Å²) in [6.45, 7) is 4.88. The summed E-state index contributed by atoms with van der Waals surface area (Å²) in [7, 11) is 0. The molecule has 0 aliphatic carbocycles. The van der Waals surface area contributed by atoms with Crippen LogP contribution < -0.4 is 11.1 Å². The van der Waals surface area contributed by atoms with Gasteiger partial charge in [0, 0.05) is 12.8 Å². The van der Waals surface area contributed by atoms with Gasteiger partial charge in [0.1, 0.15) is 12.1 Å². The first-order chi connectivity index (χ1) is 21.4. The summed E-state index contributed by atoms with van der Waals surface area (Å²) in [5.41, 5.74) is 5.46. The number of ether oxygens (including phenoxy) is 1. The van der Waals surface area contributed by atoms with Gasteiger partial charge in [0.15, 0.2) is 0 Å². The molecule has 0 aromatic carbocycles. The summed E-state index contributed by atoms with van der Waals surface area (Å²) < 4.78 is 5.87. The molecule has 0 saturated carbocycles. The van der Waals surface area contributed by atoms with Gasteiger partial charge in [0.2, 0.25) is 5.91 Å². The third-order valence-corrected chi connectivity index (χ3v) is 8.32. The van der Waals surface area contributed by atoms with E-state index in [-0.39, 0.29) is 18.0 Å². The first-order valence-corrected chi connectivity index (χ1v) is 18.5. The second-order valence-corrected chi connectivity index (χ2v) is 12.6. The van der Waals surface area contributed by atoms with Gasteiger partial charge in [-0.3, -0.25) is 9.59 Å². The lowest BCUT2D eigenvalue weighted by Crippen LogP contribution is -2.40. The Bertz CT molecular complexity index is 712. The highest BCUT2D eigenvalue weighted by atomic mass is 16.5. The Balaban J connectivity index is 4.22. The molecule has 0 rings (SSSR count). The molecule has 0 aliphatic rings. The number of esters is 1. The molecule has 7 heteroatoms. The Morgan fingerprint density at radius 3 is 1.70 bits per heavy atom. The smallest absolute Gasteiger partial charge is 0.326 e. The summed E-state index contributed by atoms with van der Waals surface area (Å²) in [6.07, 6.45) is 32.7. The molecule has 258 valence electrons. The van der Waals surface area contributed by atoms with E-state index in [0.29, 0.717) is 38.6 Å². The van der Waals surface area contributed by atoms with Gasteiger partial charge in [-0.25, -0.2) is 4.79 Å². The zero-order chi connectivity index (χ0) is 32.5. The van der Waals surface area contributed by atoms with E-state index >= 15 is 0 Å². The van der Waals surface area contributed by atoms with Crippen LogP contribution in [0.3, 0.4) is 0 Å². The van der Waals surface area contributed by atoms with Crippen molar-refractivity contribution >= 4 is 17.8 Å². The molecule has 4 N–H and O–H groups in total. The summed E-state index contributed by atoms with van der Waals surface area (Å²) in [6, 6.07) is -0.866. The first-order valence-electron chi connectivity index (χ1n) is 18.5. The van der Waals surface area contributed by atoms with Crippen molar-refractivity contribution in [3.63, 3.8) is 0 Å². The predicted octanol–water partition coefficient (Wildman–Crippen LogP) is 9.55. The quantitative estimate of drug-likeness (QED) is 0.0381. The maximum Gasteiger partial charge on any atom is 0.326 e. The molecule has 2 atom stereocenters. The van der Waals surface area contributed by atoms with E-state index in [1.807, 2.05) is 0 Å². The van der Waals surface area contributed by atoms with Gasteiger partial charge in [0.05, 0.1) is 0 Å². The summed E-state index contributed by atoms with van der Waals surface area (Å²) in [4.78, 5) is 36.1. The van der Waals surface area contributed by atoms with Crippen molar-refractivity contribution in [1.29, 1.82) is 0 Å². The molecule has 0 aromatic rings. The minimum atomic E-state index is -1.01. The van der Waals surface area contributed by atoms with Crippen LogP contribution in [0.15, 0.2) is 12.2 Å². The number of unbranched alkanes of at least 4 members (excludes halogenated alkanes) is 19. The van der Waals surface area contributed by atoms with Crippen LogP contribution in [-0.2, 0) is 19.1 Å². The van der Waals surface area contributed by atoms with Gasteiger partial charge >= 0.3 is 11.9 Å². The standard InChI is InChI=1S/C37H70N2O5/c1-3-5-7-9-11-12-13-14-15-16-17-19-25-31-36(41)44-33(27-22-18-10-8-6-4-2)28-23-20-21-24-30-35(40)39-34(37(42)43)29-26-32-38/h22,27,33-34H,3-21,23-26,28-32,38H2,1-2H3,(H,39,40)(H,42,43)/b27-22-. The zero-order valence-corrected chi connectivity index (χ0v) is 28.8. The lowest BCUT2D eigenvalue weighted by molar-refractivity contribution is -0.147. The van der Waals surface area contributed by atoms with Crippen LogP contribution in [0.5, 0.6) is 0 Å². The van der Waals surface area contributed by atoms with Crippen LogP contribution in [0.2, 0.25) is 0 Å². The molecule has 7 nitrogen and oxygen atoms in total. The Labute approximate surface area is 270 Å². The largest absolute Gasteiger partial charge is 0.480 e. The molecule has 0 spiro atoms. The van der Waals surface area contributed by atoms with Gasteiger partial charge in [0.25, 0.3) is 0 Å². The van der Waals surface area contributed by atoms with Crippen molar-refractivity contribution in [2.24, 2.45) is 5.73 Å². The molecule has 0 saturated heterocycles. The number of rotatable bonds is 33. The van der Waals surface area contributed by atoms with Crippen molar-refractivity contribution in [1.82, 2.24) is 5.32 Å². The van der Waals surface area contributed by atoms with Crippen LogP contribution >= 0.6 is 0 Å². The highest BCUT2D eigenvalue weighted by Crippen LogP contribution is 2.16. The molecule has 0 aliphatic heterocycles. The monoisotopic (exact) mass is 623 g/mol. The number of hydrogen-bond acceptors (Lipinski definition) is 5. The molecule has 1 amide bonds. The fourth-order valence-electron chi connectivity index (χ4n) is 5.48. The summed E-state index contributed by atoms with van der Waals surface area (Å²) in [5.74, 6) is -1.33. The Kier molecular flexibility index (Phi) is 31.1. The van der Waals surface area contributed by atoms with E-state index in [0.717, 1.165) is 44.9 Å². The zero-order valence-electron chi connectivity index (χ0n) is 28.8. The molecule has 0 heterocycles. The molecule has 2 unspecified atom stereocenters. The third kappa shape index (κ3) is 28.9. The first kappa shape index (κ1) is 42.1. The Hall–Kier alpha value is -1.89. The van der Waals surface area contributed by atoms with Crippen LogP contribution in [0, 0.1) is 0 Å². The second-order valence-electron chi connectivity index (χ2n) is 12.6. The van der Waals surface area contributed by atoms with Crippen molar-refractivity contribution < 1.29 is 24.2 Å². The van der Waals surface area contributed by atoms with E-state index in [4.69, 9.17) is 10.5 Å². The number of allylic oxidation sites excluding steroid dienone is 1. The number of carbonyl (C=O) groups excluding carboxylic acids is 2. The van der Waals surface area contributed by atoms with Crippen molar-refractivity contribution in [3.8, 4) is 0 Å². The number of hydrogen-bond donors (Lipinski definition) is 3. The number of carboxylic acids is 1. The maximum atomic E-state index is 12.6. The molecular formula is C37H70N2O5. The molecule has 0 fully saturated rings. The number of aliphatic carboxylic acids is 1. The van der Waals surface area contributed by atoms with E-state index in [2.05, 4.69) is 31.3 Å². The lowest BCUT2D eigenvalue weighted by atomic mass is 10.0. The van der Waals surface area contributed by atoms with Gasteiger partial charge in [-0.1, -0.05) is 129 Å². The number of carboxylic acid groups (broad SMARTS) is 1.